The third-order valence-corrected chi connectivity index (χ3v) is 2.72. The second kappa shape index (κ2) is 3.45. The lowest BCUT2D eigenvalue weighted by atomic mass is 10.1. The van der Waals surface area contributed by atoms with E-state index in [0.29, 0.717) is 6.54 Å². The first-order valence-electron chi connectivity index (χ1n) is 5.31. The van der Waals surface area contributed by atoms with Gasteiger partial charge in [0.05, 0.1) is 17.6 Å². The van der Waals surface area contributed by atoms with Crippen molar-refractivity contribution < 1.29 is 0 Å². The van der Waals surface area contributed by atoms with Crippen molar-refractivity contribution >= 4 is 0 Å². The molecule has 0 spiro atoms. The Bertz CT molecular complexity index is 428. The smallest absolute Gasteiger partial charge is 0.258 e. The van der Waals surface area contributed by atoms with Crippen LogP contribution in [0.2, 0.25) is 0 Å². The van der Waals surface area contributed by atoms with Crippen molar-refractivity contribution in [2.45, 2.75) is 39.3 Å². The predicted octanol–water partition coefficient (Wildman–Crippen LogP) is 0.644. The van der Waals surface area contributed by atoms with Crippen LogP contribution in [0, 0.1) is 0 Å². The van der Waals surface area contributed by atoms with Crippen LogP contribution in [0.3, 0.4) is 0 Å². The van der Waals surface area contributed by atoms with Crippen molar-refractivity contribution in [2.75, 3.05) is 6.54 Å². The molecule has 0 aromatic carbocycles. The van der Waals surface area contributed by atoms with Crippen LogP contribution in [-0.2, 0) is 18.5 Å². The molecule has 82 valence electrons. The Hall–Kier alpha value is -1.16. The van der Waals surface area contributed by atoms with Gasteiger partial charge in [-0.25, -0.2) is 4.98 Å². The summed E-state index contributed by atoms with van der Waals surface area (Å²) in [5.41, 5.74) is 1.69. The molecule has 1 aromatic heterocycles. The van der Waals surface area contributed by atoms with Gasteiger partial charge < -0.3 is 5.32 Å². The highest BCUT2D eigenvalue weighted by molar-refractivity contribution is 5.20. The van der Waals surface area contributed by atoms with Gasteiger partial charge in [-0.2, -0.15) is 0 Å². The second-order valence-electron chi connectivity index (χ2n) is 4.94. The molecule has 0 aliphatic carbocycles. The molecule has 1 aromatic rings. The highest BCUT2D eigenvalue weighted by Gasteiger charge is 2.20. The van der Waals surface area contributed by atoms with Gasteiger partial charge in [0.15, 0.2) is 0 Å². The Labute approximate surface area is 89.3 Å². The average Bonchev–Trinajstić information content (AvgIpc) is 2.16. The van der Waals surface area contributed by atoms with E-state index in [2.05, 4.69) is 10.3 Å². The van der Waals surface area contributed by atoms with Crippen LogP contribution in [0.25, 0.3) is 0 Å². The van der Waals surface area contributed by atoms with Crippen LogP contribution in [0.1, 0.15) is 32.0 Å². The maximum atomic E-state index is 12.1. The van der Waals surface area contributed by atoms with Gasteiger partial charge in [0.25, 0.3) is 5.56 Å². The van der Waals surface area contributed by atoms with Crippen molar-refractivity contribution in [3.63, 3.8) is 0 Å². The maximum Gasteiger partial charge on any atom is 0.258 e. The zero-order valence-corrected chi connectivity index (χ0v) is 9.50. The van der Waals surface area contributed by atoms with E-state index in [1.807, 2.05) is 20.8 Å². The summed E-state index contributed by atoms with van der Waals surface area (Å²) in [5.74, 6) is 0. The van der Waals surface area contributed by atoms with E-state index in [1.54, 1.807) is 10.9 Å². The first-order valence-corrected chi connectivity index (χ1v) is 5.31. The van der Waals surface area contributed by atoms with Crippen LogP contribution in [0.15, 0.2) is 11.1 Å². The van der Waals surface area contributed by atoms with Crippen molar-refractivity contribution in [1.29, 1.82) is 0 Å². The molecular weight excluding hydrogens is 190 g/mol. The minimum atomic E-state index is -0.198. The molecular formula is C11H17N3O. The fourth-order valence-corrected chi connectivity index (χ4v) is 1.82. The van der Waals surface area contributed by atoms with Gasteiger partial charge in [-0.05, 0) is 20.8 Å². The van der Waals surface area contributed by atoms with Crippen LogP contribution < -0.4 is 10.9 Å². The Balaban J connectivity index is 2.58. The zero-order chi connectivity index (χ0) is 11.1. The topological polar surface area (TPSA) is 46.9 Å². The molecule has 1 aliphatic heterocycles. The van der Waals surface area contributed by atoms with Gasteiger partial charge in [-0.1, -0.05) is 0 Å². The summed E-state index contributed by atoms with van der Waals surface area (Å²) in [6.07, 6.45) is 2.53. The summed E-state index contributed by atoms with van der Waals surface area (Å²) in [4.78, 5) is 16.5. The number of hydrogen-bond acceptors (Lipinski definition) is 3. The fraction of sp³-hybridized carbons (Fsp3) is 0.636. The van der Waals surface area contributed by atoms with Crippen LogP contribution >= 0.6 is 0 Å². The molecule has 0 amide bonds. The molecule has 0 saturated carbocycles. The lowest BCUT2D eigenvalue weighted by Gasteiger charge is -2.24. The molecule has 0 bridgehead atoms. The van der Waals surface area contributed by atoms with Gasteiger partial charge in [-0.3, -0.25) is 9.36 Å². The Morgan fingerprint density at radius 3 is 2.87 bits per heavy atom. The van der Waals surface area contributed by atoms with Gasteiger partial charge in [0.1, 0.15) is 0 Å². The van der Waals surface area contributed by atoms with E-state index in [4.69, 9.17) is 0 Å². The summed E-state index contributed by atoms with van der Waals surface area (Å²) in [5, 5.41) is 3.21. The van der Waals surface area contributed by atoms with E-state index in [9.17, 15) is 4.79 Å². The van der Waals surface area contributed by atoms with Gasteiger partial charge in [-0.15, -0.1) is 0 Å². The number of fused-ring (bicyclic) bond motifs is 1. The molecule has 0 atom stereocenters. The molecule has 2 rings (SSSR count). The zero-order valence-electron chi connectivity index (χ0n) is 9.50. The first-order chi connectivity index (χ1) is 7.00. The van der Waals surface area contributed by atoms with Gasteiger partial charge in [0, 0.05) is 25.0 Å². The molecule has 1 N–H and O–H groups in total. The summed E-state index contributed by atoms with van der Waals surface area (Å²) >= 11 is 0. The number of aromatic nitrogens is 2. The fourth-order valence-electron chi connectivity index (χ4n) is 1.82. The quantitative estimate of drug-likeness (QED) is 0.679. The third-order valence-electron chi connectivity index (χ3n) is 2.72. The van der Waals surface area contributed by atoms with E-state index in [0.717, 1.165) is 24.2 Å². The number of rotatable bonds is 0. The molecule has 0 unspecified atom stereocenters. The number of nitrogens with one attached hydrogen (secondary N) is 1. The van der Waals surface area contributed by atoms with Crippen molar-refractivity contribution in [1.82, 2.24) is 14.9 Å². The van der Waals surface area contributed by atoms with E-state index >= 15 is 0 Å². The van der Waals surface area contributed by atoms with E-state index in [-0.39, 0.29) is 11.1 Å². The highest BCUT2D eigenvalue weighted by Crippen LogP contribution is 2.12. The van der Waals surface area contributed by atoms with Crippen molar-refractivity contribution in [3.05, 3.63) is 27.9 Å². The predicted molar refractivity (Wildman–Crippen MR) is 58.9 cm³/mol. The molecule has 4 heteroatoms. The molecule has 4 nitrogen and oxygen atoms in total. The Morgan fingerprint density at radius 2 is 2.20 bits per heavy atom. The summed E-state index contributed by atoms with van der Waals surface area (Å²) in [6.45, 7) is 7.60. The van der Waals surface area contributed by atoms with Crippen molar-refractivity contribution in [3.8, 4) is 0 Å². The van der Waals surface area contributed by atoms with E-state index in [1.165, 1.54) is 0 Å². The molecule has 0 fully saturated rings. The lowest BCUT2D eigenvalue weighted by Crippen LogP contribution is -2.40. The summed E-state index contributed by atoms with van der Waals surface area (Å²) in [6, 6.07) is 0. The lowest BCUT2D eigenvalue weighted by molar-refractivity contribution is 0.373. The SMILES string of the molecule is CC(C)(C)n1cnc2c(c1=O)CNCC2. The van der Waals surface area contributed by atoms with Gasteiger partial charge >= 0.3 is 0 Å². The van der Waals surface area contributed by atoms with Gasteiger partial charge in [0.2, 0.25) is 0 Å². The normalized spacial score (nSPS) is 16.2. The standard InChI is InChI=1S/C11H17N3O/c1-11(2,3)14-7-13-9-4-5-12-6-8(9)10(14)15/h7,12H,4-6H2,1-3H3. The van der Waals surface area contributed by atoms with E-state index < -0.39 is 0 Å². The highest BCUT2D eigenvalue weighted by atomic mass is 16.1. The molecule has 2 heterocycles. The molecule has 15 heavy (non-hydrogen) atoms. The summed E-state index contributed by atoms with van der Waals surface area (Å²) in [7, 11) is 0. The monoisotopic (exact) mass is 207 g/mol. The minimum Gasteiger partial charge on any atom is -0.312 e. The van der Waals surface area contributed by atoms with Crippen LogP contribution in [0.5, 0.6) is 0 Å². The second-order valence-corrected chi connectivity index (χ2v) is 4.94. The average molecular weight is 207 g/mol. The molecule has 0 radical (unpaired) electrons. The minimum absolute atomic E-state index is 0.0969. The van der Waals surface area contributed by atoms with Crippen LogP contribution in [-0.4, -0.2) is 16.1 Å². The van der Waals surface area contributed by atoms with Crippen LogP contribution in [0.4, 0.5) is 0 Å². The molecule has 1 aliphatic rings. The Morgan fingerprint density at radius 1 is 1.47 bits per heavy atom. The summed E-state index contributed by atoms with van der Waals surface area (Å²) < 4.78 is 1.71. The Kier molecular flexibility index (Phi) is 2.38. The van der Waals surface area contributed by atoms with Crippen molar-refractivity contribution in [2.24, 2.45) is 0 Å². The third kappa shape index (κ3) is 1.81. The first kappa shape index (κ1) is 10.4. The number of nitrogens with zero attached hydrogens (tertiary/aromatic N) is 2. The number of hydrogen-bond donors (Lipinski definition) is 1. The largest absolute Gasteiger partial charge is 0.312 e. The molecule has 0 saturated heterocycles. The maximum absolute atomic E-state index is 12.1.